The minimum Gasteiger partial charge on any atom is -0.449 e. The lowest BCUT2D eigenvalue weighted by Crippen LogP contribution is -1.94. The Bertz CT molecular complexity index is 150. The molecule has 1 aromatic rings. The quantitative estimate of drug-likeness (QED) is 0.605. The molecule has 0 aliphatic carbocycles. The van der Waals surface area contributed by atoms with E-state index in [9.17, 15) is 0 Å². The first-order chi connectivity index (χ1) is 4.43. The van der Waals surface area contributed by atoms with E-state index in [0.717, 1.165) is 6.42 Å². The van der Waals surface area contributed by atoms with Gasteiger partial charge < -0.3 is 4.74 Å². The van der Waals surface area contributed by atoms with E-state index in [-0.39, 0.29) is 6.08 Å². The van der Waals surface area contributed by atoms with Crippen LogP contribution < -0.4 is 4.74 Å². The third-order valence-corrected chi connectivity index (χ3v) is 0.771. The van der Waals surface area contributed by atoms with E-state index >= 15 is 0 Å². The van der Waals surface area contributed by atoms with Crippen LogP contribution in [0.5, 0.6) is 6.08 Å². The molecule has 0 aliphatic heterocycles. The van der Waals surface area contributed by atoms with Crippen LogP contribution in [-0.2, 0) is 0 Å². The van der Waals surface area contributed by atoms with Crippen LogP contribution >= 0.6 is 0 Å². The molecule has 0 atom stereocenters. The maximum absolute atomic E-state index is 4.95. The van der Waals surface area contributed by atoms with Crippen LogP contribution in [0.1, 0.15) is 13.3 Å². The first-order valence-electron chi connectivity index (χ1n) is 2.83. The Balaban J connectivity index is 2.30. The fourth-order valence-corrected chi connectivity index (χ4v) is 0.416. The molecule has 50 valence electrons. The van der Waals surface area contributed by atoms with Gasteiger partial charge >= 0.3 is 6.08 Å². The van der Waals surface area contributed by atoms with Gasteiger partial charge in [-0.1, -0.05) is 12.1 Å². The molecule has 0 N–H and O–H groups in total. The van der Waals surface area contributed by atoms with Crippen molar-refractivity contribution in [1.29, 1.82) is 0 Å². The highest BCUT2D eigenvalue weighted by Gasteiger charge is 1.94. The summed E-state index contributed by atoms with van der Waals surface area (Å²) < 4.78 is 9.51. The zero-order valence-corrected chi connectivity index (χ0v) is 5.20. The molecule has 0 bridgehead atoms. The van der Waals surface area contributed by atoms with Crippen molar-refractivity contribution in [2.24, 2.45) is 0 Å². The average molecular weight is 128 g/mol. The lowest BCUT2D eigenvalue weighted by Gasteiger charge is -1.93. The van der Waals surface area contributed by atoms with Crippen molar-refractivity contribution in [2.45, 2.75) is 13.3 Å². The average Bonchev–Trinajstić information content (AvgIpc) is 2.34. The van der Waals surface area contributed by atoms with Gasteiger partial charge in [-0.25, -0.2) is 0 Å². The van der Waals surface area contributed by atoms with Crippen LogP contribution in [0.3, 0.4) is 0 Å². The Labute approximate surface area is 52.8 Å². The highest BCUT2D eigenvalue weighted by Crippen LogP contribution is 2.00. The molecule has 0 unspecified atom stereocenters. The van der Waals surface area contributed by atoms with Crippen LogP contribution in [0.25, 0.3) is 0 Å². The van der Waals surface area contributed by atoms with Gasteiger partial charge in [-0.3, -0.25) is 4.52 Å². The third kappa shape index (κ3) is 1.71. The fraction of sp³-hybridized carbons (Fsp3) is 0.600. The zero-order chi connectivity index (χ0) is 6.53. The van der Waals surface area contributed by atoms with Gasteiger partial charge in [-0.15, -0.1) is 0 Å². The molecule has 0 fully saturated rings. The van der Waals surface area contributed by atoms with Gasteiger partial charge in [0.15, 0.2) is 6.33 Å². The molecule has 0 aromatic carbocycles. The summed E-state index contributed by atoms with van der Waals surface area (Å²) in [6.07, 6.45) is 2.50. The number of hydrogen-bond acceptors (Lipinski definition) is 4. The summed E-state index contributed by atoms with van der Waals surface area (Å²) in [6, 6.07) is 0. The molecule has 0 amide bonds. The van der Waals surface area contributed by atoms with Crippen molar-refractivity contribution in [3.05, 3.63) is 6.33 Å². The van der Waals surface area contributed by atoms with E-state index in [1.807, 2.05) is 6.92 Å². The van der Waals surface area contributed by atoms with Gasteiger partial charge in [0.2, 0.25) is 0 Å². The van der Waals surface area contributed by atoms with Crippen molar-refractivity contribution in [1.82, 2.24) is 10.1 Å². The van der Waals surface area contributed by atoms with Crippen LogP contribution in [0.15, 0.2) is 10.9 Å². The normalized spacial score (nSPS) is 9.44. The molecule has 0 spiro atoms. The van der Waals surface area contributed by atoms with Crippen LogP contribution in [-0.4, -0.2) is 16.7 Å². The molecule has 0 saturated carbocycles. The van der Waals surface area contributed by atoms with Gasteiger partial charge in [-0.2, -0.15) is 4.98 Å². The molecule has 0 radical (unpaired) electrons. The van der Waals surface area contributed by atoms with E-state index in [2.05, 4.69) is 14.7 Å². The Morgan fingerprint density at radius 3 is 3.22 bits per heavy atom. The summed E-state index contributed by atoms with van der Waals surface area (Å²) >= 11 is 0. The van der Waals surface area contributed by atoms with E-state index < -0.39 is 0 Å². The van der Waals surface area contributed by atoms with E-state index in [1.54, 1.807) is 0 Å². The minimum absolute atomic E-state index is 0.247. The van der Waals surface area contributed by atoms with Crippen molar-refractivity contribution in [2.75, 3.05) is 6.61 Å². The second-order valence-corrected chi connectivity index (χ2v) is 1.56. The smallest absolute Gasteiger partial charge is 0.417 e. The van der Waals surface area contributed by atoms with Crippen molar-refractivity contribution in [3.8, 4) is 6.08 Å². The van der Waals surface area contributed by atoms with Crippen LogP contribution in [0.4, 0.5) is 0 Å². The highest BCUT2D eigenvalue weighted by molar-refractivity contribution is 4.77. The molecule has 0 aliphatic rings. The number of aromatic nitrogens is 2. The van der Waals surface area contributed by atoms with E-state index in [4.69, 9.17) is 4.74 Å². The van der Waals surface area contributed by atoms with Crippen LogP contribution in [0.2, 0.25) is 0 Å². The van der Waals surface area contributed by atoms with Gasteiger partial charge in [0.1, 0.15) is 0 Å². The summed E-state index contributed by atoms with van der Waals surface area (Å²) in [5.41, 5.74) is 0. The predicted molar refractivity (Wildman–Crippen MR) is 30.1 cm³/mol. The van der Waals surface area contributed by atoms with E-state index in [0.29, 0.717) is 6.61 Å². The SMILES string of the molecule is CCCOc1ncno1. The molecule has 1 heterocycles. The molecule has 9 heavy (non-hydrogen) atoms. The van der Waals surface area contributed by atoms with Crippen molar-refractivity contribution in [3.63, 3.8) is 0 Å². The molecular weight excluding hydrogens is 120 g/mol. The van der Waals surface area contributed by atoms with Gasteiger partial charge in [-0.05, 0) is 6.42 Å². The Kier molecular flexibility index (Phi) is 2.06. The summed E-state index contributed by atoms with van der Waals surface area (Å²) in [4.78, 5) is 3.65. The summed E-state index contributed by atoms with van der Waals surface area (Å²) in [7, 11) is 0. The van der Waals surface area contributed by atoms with E-state index in [1.165, 1.54) is 6.33 Å². The highest BCUT2D eigenvalue weighted by atomic mass is 16.6. The Hall–Kier alpha value is -1.06. The molecule has 4 nitrogen and oxygen atoms in total. The lowest BCUT2D eigenvalue weighted by molar-refractivity contribution is 0.204. The maximum Gasteiger partial charge on any atom is 0.417 e. The van der Waals surface area contributed by atoms with Gasteiger partial charge in [0.05, 0.1) is 6.61 Å². The standard InChI is InChI=1S/C5H8N2O2/c1-2-3-8-5-6-4-7-9-5/h4H,2-3H2,1H3. The second-order valence-electron chi connectivity index (χ2n) is 1.56. The topological polar surface area (TPSA) is 48.2 Å². The van der Waals surface area contributed by atoms with Crippen molar-refractivity contribution < 1.29 is 9.26 Å². The second kappa shape index (κ2) is 3.06. The molecule has 1 aromatic heterocycles. The summed E-state index contributed by atoms with van der Waals surface area (Å²) in [6.45, 7) is 2.64. The molecule has 4 heteroatoms. The number of hydrogen-bond donors (Lipinski definition) is 0. The number of ether oxygens (including phenoxy) is 1. The Morgan fingerprint density at radius 1 is 1.78 bits per heavy atom. The van der Waals surface area contributed by atoms with Gasteiger partial charge in [0, 0.05) is 0 Å². The predicted octanol–water partition coefficient (Wildman–Crippen LogP) is 0.858. The first kappa shape index (κ1) is 6.07. The summed E-state index contributed by atoms with van der Waals surface area (Å²) in [5.74, 6) is 0. The number of rotatable bonds is 3. The minimum atomic E-state index is 0.247. The molecule has 0 saturated heterocycles. The molecular formula is C5H8N2O2. The van der Waals surface area contributed by atoms with Gasteiger partial charge in [0.25, 0.3) is 0 Å². The fourth-order valence-electron chi connectivity index (χ4n) is 0.416. The third-order valence-electron chi connectivity index (χ3n) is 0.771. The summed E-state index contributed by atoms with van der Waals surface area (Å²) in [5, 5.41) is 3.36. The maximum atomic E-state index is 4.95. The first-order valence-corrected chi connectivity index (χ1v) is 2.83. The van der Waals surface area contributed by atoms with Crippen LogP contribution in [0, 0.1) is 0 Å². The molecule has 1 rings (SSSR count). The number of nitrogens with zero attached hydrogens (tertiary/aromatic N) is 2. The largest absolute Gasteiger partial charge is 0.449 e. The Morgan fingerprint density at radius 2 is 2.67 bits per heavy atom. The monoisotopic (exact) mass is 128 g/mol. The van der Waals surface area contributed by atoms with Crippen molar-refractivity contribution >= 4 is 0 Å². The lowest BCUT2D eigenvalue weighted by atomic mass is 10.5. The zero-order valence-electron chi connectivity index (χ0n) is 5.20.